The summed E-state index contributed by atoms with van der Waals surface area (Å²) in [4.78, 5) is 0. The molecule has 0 amide bonds. The first-order valence-electron chi connectivity index (χ1n) is 23.3. The third kappa shape index (κ3) is 7.71. The van der Waals surface area contributed by atoms with Crippen molar-refractivity contribution in [3.8, 4) is 0 Å². The lowest BCUT2D eigenvalue weighted by Gasteiger charge is -2.58. The van der Waals surface area contributed by atoms with Crippen LogP contribution in [0.25, 0.3) is 0 Å². The molecule has 1 spiro atoms. The third-order valence-electron chi connectivity index (χ3n) is 17.8. The first-order chi connectivity index (χ1) is 29.8. The lowest BCUT2D eigenvalue weighted by atomic mass is 9.47. The Morgan fingerprint density at radius 1 is 0.714 bits per heavy atom. The molecule has 63 heavy (non-hydrogen) atoms. The zero-order valence-electron chi connectivity index (χ0n) is 37.0. The summed E-state index contributed by atoms with van der Waals surface area (Å²) in [7, 11) is 0. The van der Waals surface area contributed by atoms with Gasteiger partial charge in [-0.3, -0.25) is 0 Å². The van der Waals surface area contributed by atoms with E-state index >= 15 is 0 Å². The Bertz CT molecular complexity index is 1670. The second-order valence-corrected chi connectivity index (χ2v) is 21.6. The van der Waals surface area contributed by atoms with Gasteiger partial charge in [-0.2, -0.15) is 0 Å². The highest BCUT2D eigenvalue weighted by molar-refractivity contribution is 5.26. The van der Waals surface area contributed by atoms with Crippen LogP contribution < -0.4 is 0 Å². The summed E-state index contributed by atoms with van der Waals surface area (Å²) in [5.41, 5.74) is 0.866. The van der Waals surface area contributed by atoms with Crippen molar-refractivity contribution in [2.45, 2.75) is 196 Å². The van der Waals surface area contributed by atoms with E-state index in [0.29, 0.717) is 49.5 Å². The van der Waals surface area contributed by atoms with Crippen LogP contribution in [0.1, 0.15) is 86.0 Å². The zero-order chi connectivity index (χ0) is 45.1. The predicted octanol–water partition coefficient (Wildman–Crippen LogP) is -0.813. The molecule has 18 nitrogen and oxygen atoms in total. The summed E-state index contributed by atoms with van der Waals surface area (Å²) in [6.07, 6.45) is -11.5. The van der Waals surface area contributed by atoms with E-state index in [1.807, 2.05) is 0 Å². The molecule has 3 saturated carbocycles. The maximum atomic E-state index is 11.2. The van der Waals surface area contributed by atoms with Crippen molar-refractivity contribution in [3.05, 3.63) is 11.6 Å². The first-order valence-corrected chi connectivity index (χ1v) is 23.3. The average Bonchev–Trinajstić information content (AvgIpc) is 3.86. The largest absolute Gasteiger partial charge is 0.394 e. The van der Waals surface area contributed by atoms with Gasteiger partial charge >= 0.3 is 0 Å². The maximum absolute atomic E-state index is 11.2. The van der Waals surface area contributed by atoms with E-state index < -0.39 is 117 Å². The first kappa shape index (κ1) is 47.1. The van der Waals surface area contributed by atoms with Crippen molar-refractivity contribution in [1.82, 2.24) is 0 Å². The topological polar surface area (TPSA) is 276 Å². The minimum Gasteiger partial charge on any atom is -0.394 e. The third-order valence-corrected chi connectivity index (χ3v) is 17.8. The molecule has 5 aliphatic heterocycles. The quantitative estimate of drug-likeness (QED) is 0.127. The van der Waals surface area contributed by atoms with Gasteiger partial charge in [0.1, 0.15) is 67.1 Å². The summed E-state index contributed by atoms with van der Waals surface area (Å²) < 4.78 is 49.5. The van der Waals surface area contributed by atoms with Gasteiger partial charge in [-0.1, -0.05) is 39.3 Å². The Hall–Kier alpha value is -0.980. The molecule has 10 N–H and O–H groups in total. The van der Waals surface area contributed by atoms with E-state index in [4.69, 9.17) is 37.9 Å². The van der Waals surface area contributed by atoms with E-state index in [0.717, 1.165) is 32.1 Å². The van der Waals surface area contributed by atoms with Gasteiger partial charge in [0.25, 0.3) is 0 Å². The average molecular weight is 901 g/mol. The highest BCUT2D eigenvalue weighted by atomic mass is 16.8. The molecule has 0 aromatic carbocycles. The summed E-state index contributed by atoms with van der Waals surface area (Å²) in [5, 5.41) is 104. The number of fused-ring (bicyclic) bond motifs is 7. The lowest BCUT2D eigenvalue weighted by Crippen LogP contribution is -2.64. The van der Waals surface area contributed by atoms with Crippen LogP contribution in [0.4, 0.5) is 0 Å². The number of rotatable bonds is 9. The van der Waals surface area contributed by atoms with Crippen LogP contribution in [0.3, 0.4) is 0 Å². The molecular formula is C45H72O18. The second-order valence-electron chi connectivity index (χ2n) is 21.6. The van der Waals surface area contributed by atoms with E-state index in [-0.39, 0.29) is 35.6 Å². The predicted molar refractivity (Wildman–Crippen MR) is 216 cm³/mol. The smallest absolute Gasteiger partial charge is 0.187 e. The van der Waals surface area contributed by atoms with Crippen LogP contribution in [0.15, 0.2) is 11.6 Å². The van der Waals surface area contributed by atoms with Crippen LogP contribution in [0.5, 0.6) is 0 Å². The van der Waals surface area contributed by atoms with Gasteiger partial charge in [0.05, 0.1) is 44.7 Å². The number of ether oxygens (including phenoxy) is 8. The van der Waals surface area contributed by atoms with E-state index in [1.165, 1.54) is 12.5 Å². The van der Waals surface area contributed by atoms with Crippen LogP contribution in [0, 0.1) is 45.8 Å². The van der Waals surface area contributed by atoms with Gasteiger partial charge in [0, 0.05) is 17.8 Å². The van der Waals surface area contributed by atoms with Gasteiger partial charge < -0.3 is 89.0 Å². The Balaban J connectivity index is 0.847. The number of aliphatic hydroxyl groups excluding tert-OH is 10. The van der Waals surface area contributed by atoms with E-state index in [1.54, 1.807) is 0 Å². The van der Waals surface area contributed by atoms with Gasteiger partial charge in [-0.25, -0.2) is 0 Å². The fourth-order valence-electron chi connectivity index (χ4n) is 14.1. The molecule has 8 fully saturated rings. The molecule has 5 heterocycles. The Morgan fingerprint density at radius 2 is 1.38 bits per heavy atom. The van der Waals surface area contributed by atoms with Crippen LogP contribution >= 0.6 is 0 Å². The SMILES string of the molecule is C[C@@H]1O[C@@H](O[C@H]2[C@H](O[C@H]3CC[C@@]4(C)C(=CC[C@@H]5[C@H]6C[C@@H]7O[C@]8(C[C@@](C)(CO[C@@H]9O[C@H](CO)[C@@H](O)[C@H](O)[C@H]9O)CO8)[C@@H](C)[C@@H]7[C@@]6(C)CC[C@H]54)C3)O[C@H](CO)[C@@H](O)[C@@H]2O)[C@H](O)[C@H](O)[C@H]1O. The van der Waals surface area contributed by atoms with E-state index in [2.05, 4.69) is 33.8 Å². The second kappa shape index (κ2) is 17.2. The Labute approximate surface area is 368 Å². The summed E-state index contributed by atoms with van der Waals surface area (Å²) >= 11 is 0. The molecule has 0 radical (unpaired) electrons. The number of aliphatic hydroxyl groups is 10. The Morgan fingerprint density at radius 3 is 2.10 bits per heavy atom. The number of allylic oxidation sites excluding steroid dienone is 1. The normalized spacial score (nSPS) is 57.9. The Kier molecular flexibility index (Phi) is 12.9. The molecule has 9 aliphatic rings. The number of hydrogen-bond donors (Lipinski definition) is 10. The standard InChI is InChI=1S/C45H72O18/c1-19-29-26(63-45(19)16-42(3,18-57-45)17-56-39-36(54)34(52)31(49)27(14-46)60-39)13-25-23-7-6-21-12-22(8-10-43(21,4)24(23)9-11-44(25,29)5)59-41-38(35(53)32(50)28(15-47)61-41)62-40-37(55)33(51)30(48)20(2)58-40/h6,19-20,22-41,46-55H,7-18H2,1-5H3/t19-,20-,22-,23-,24+,25+,26-,27+,28+,29-,30-,31+,32+,33+,34-,35-,36+,37+,38+,39+,40-,41+,42-,43-,44-,45+/m0/s1. The monoisotopic (exact) mass is 900 g/mol. The molecule has 0 unspecified atom stereocenters. The maximum Gasteiger partial charge on any atom is 0.187 e. The highest BCUT2D eigenvalue weighted by Crippen LogP contribution is 2.71. The molecule has 18 heteroatoms. The highest BCUT2D eigenvalue weighted by Gasteiger charge is 2.70. The molecule has 26 atom stereocenters. The molecule has 0 aromatic rings. The van der Waals surface area contributed by atoms with Crippen molar-refractivity contribution < 1.29 is 89.0 Å². The molecule has 9 rings (SSSR count). The van der Waals surface area contributed by atoms with Gasteiger partial charge in [-0.15, -0.1) is 0 Å². The van der Waals surface area contributed by atoms with Crippen molar-refractivity contribution >= 4 is 0 Å². The summed E-state index contributed by atoms with van der Waals surface area (Å²) in [5.74, 6) is 1.06. The van der Waals surface area contributed by atoms with Crippen molar-refractivity contribution in [2.75, 3.05) is 26.4 Å². The molecule has 4 aliphatic carbocycles. The van der Waals surface area contributed by atoms with Gasteiger partial charge in [0.15, 0.2) is 24.7 Å². The molecule has 0 bridgehead atoms. The van der Waals surface area contributed by atoms with Crippen molar-refractivity contribution in [3.63, 3.8) is 0 Å². The zero-order valence-corrected chi connectivity index (χ0v) is 37.0. The molecule has 5 saturated heterocycles. The van der Waals surface area contributed by atoms with Crippen LogP contribution in [0.2, 0.25) is 0 Å². The van der Waals surface area contributed by atoms with E-state index in [9.17, 15) is 51.1 Å². The van der Waals surface area contributed by atoms with Gasteiger partial charge in [0.2, 0.25) is 0 Å². The number of hydrogen-bond acceptors (Lipinski definition) is 18. The van der Waals surface area contributed by atoms with Crippen molar-refractivity contribution in [1.29, 1.82) is 0 Å². The fourth-order valence-corrected chi connectivity index (χ4v) is 14.1. The van der Waals surface area contributed by atoms with Crippen molar-refractivity contribution in [2.24, 2.45) is 45.8 Å². The van der Waals surface area contributed by atoms with Crippen LogP contribution in [-0.4, -0.2) is 188 Å². The molecular weight excluding hydrogens is 828 g/mol. The summed E-state index contributed by atoms with van der Waals surface area (Å²) in [6, 6.07) is 0. The molecule has 0 aromatic heterocycles. The van der Waals surface area contributed by atoms with Gasteiger partial charge in [-0.05, 0) is 86.4 Å². The molecule has 360 valence electrons. The summed E-state index contributed by atoms with van der Waals surface area (Å²) in [6.45, 7) is 10.2. The lowest BCUT2D eigenvalue weighted by molar-refractivity contribution is -0.369. The minimum absolute atomic E-state index is 0.0451. The van der Waals surface area contributed by atoms with Crippen LogP contribution in [-0.2, 0) is 37.9 Å². The fraction of sp³-hybridized carbons (Fsp3) is 0.956. The minimum atomic E-state index is -1.65.